The quantitative estimate of drug-likeness (QED) is 0.502. The predicted octanol–water partition coefficient (Wildman–Crippen LogP) is 5.29. The number of amides is 2. The summed E-state index contributed by atoms with van der Waals surface area (Å²) in [5.41, 5.74) is 0.131. The highest BCUT2D eigenvalue weighted by atomic mass is 16.2. The molecule has 0 aromatic carbocycles. The van der Waals surface area contributed by atoms with Crippen molar-refractivity contribution in [2.45, 2.75) is 101 Å². The van der Waals surface area contributed by atoms with Crippen molar-refractivity contribution in [3.05, 3.63) is 0 Å². The lowest BCUT2D eigenvalue weighted by atomic mass is 9.75. The first-order chi connectivity index (χ1) is 14.2. The molecule has 0 aromatic heterocycles. The molecule has 0 atom stereocenters. The molecule has 2 aliphatic heterocycles. The van der Waals surface area contributed by atoms with E-state index < -0.39 is 0 Å². The number of likely N-dealkylation sites (tertiary alicyclic amines) is 1. The summed E-state index contributed by atoms with van der Waals surface area (Å²) in [4.78, 5) is 30.7. The Morgan fingerprint density at radius 3 is 1.19 bits per heavy atom. The summed E-state index contributed by atoms with van der Waals surface area (Å²) in [6, 6.07) is 0. The summed E-state index contributed by atoms with van der Waals surface area (Å²) in [6.45, 7) is 31.2. The molecule has 188 valence electrons. The van der Waals surface area contributed by atoms with Gasteiger partial charge < -0.3 is 9.80 Å². The Kier molecular flexibility index (Phi) is 9.44. The van der Waals surface area contributed by atoms with Gasteiger partial charge in [-0.05, 0) is 44.9 Å². The number of carbonyl (C=O) groups excluding carboxylic acids is 2. The summed E-state index contributed by atoms with van der Waals surface area (Å²) >= 11 is 0. The van der Waals surface area contributed by atoms with Crippen LogP contribution in [0.15, 0.2) is 0 Å². The smallest absolute Gasteiger partial charge is 0.228 e. The Balaban J connectivity index is 0.000000320. The zero-order valence-corrected chi connectivity index (χ0v) is 23.4. The van der Waals surface area contributed by atoms with Crippen molar-refractivity contribution in [1.29, 1.82) is 0 Å². The van der Waals surface area contributed by atoms with Crippen molar-refractivity contribution in [1.82, 2.24) is 14.7 Å². The number of piperazine rings is 1. The first-order valence-electron chi connectivity index (χ1n) is 12.6. The monoisotopic (exact) mass is 451 g/mol. The van der Waals surface area contributed by atoms with E-state index in [9.17, 15) is 9.59 Å². The third kappa shape index (κ3) is 8.68. The van der Waals surface area contributed by atoms with Gasteiger partial charge in [0.05, 0.1) is 0 Å². The first kappa shape index (κ1) is 28.9. The van der Waals surface area contributed by atoms with Crippen molar-refractivity contribution in [2.75, 3.05) is 39.3 Å². The Hall–Kier alpha value is -1.10. The van der Waals surface area contributed by atoms with Gasteiger partial charge in [0.25, 0.3) is 0 Å². The van der Waals surface area contributed by atoms with Crippen molar-refractivity contribution in [2.24, 2.45) is 22.2 Å². The fourth-order valence-electron chi connectivity index (χ4n) is 4.48. The molecule has 0 N–H and O–H groups in total. The zero-order valence-electron chi connectivity index (χ0n) is 23.4. The SMILES string of the molecule is CC(C)(C)C(=O)N1CCC(C(C)(C)C)CC1.CC(C)(C)C(=O)N1CCN(C(C)(C)C)CC1. The van der Waals surface area contributed by atoms with Gasteiger partial charge in [-0.1, -0.05) is 62.3 Å². The highest BCUT2D eigenvalue weighted by molar-refractivity contribution is 5.82. The summed E-state index contributed by atoms with van der Waals surface area (Å²) in [5.74, 6) is 1.34. The molecule has 0 unspecified atom stereocenters. The molecule has 5 heteroatoms. The zero-order chi connectivity index (χ0) is 25.1. The number of hydrogen-bond donors (Lipinski definition) is 0. The molecule has 2 heterocycles. The molecule has 0 aliphatic carbocycles. The molecule has 2 saturated heterocycles. The number of hydrogen-bond acceptors (Lipinski definition) is 3. The van der Waals surface area contributed by atoms with E-state index in [1.165, 1.54) is 0 Å². The number of rotatable bonds is 0. The van der Waals surface area contributed by atoms with Crippen LogP contribution in [-0.2, 0) is 9.59 Å². The Bertz CT molecular complexity index is 557. The highest BCUT2D eigenvalue weighted by Crippen LogP contribution is 2.35. The van der Waals surface area contributed by atoms with Gasteiger partial charge in [0, 0.05) is 55.6 Å². The molecule has 32 heavy (non-hydrogen) atoms. The normalized spacial score (nSPS) is 20.0. The van der Waals surface area contributed by atoms with Crippen molar-refractivity contribution >= 4 is 11.8 Å². The van der Waals surface area contributed by atoms with Gasteiger partial charge in [-0.2, -0.15) is 0 Å². The van der Waals surface area contributed by atoms with Crippen LogP contribution in [0.25, 0.3) is 0 Å². The largest absolute Gasteiger partial charge is 0.342 e. The molecule has 5 nitrogen and oxygen atoms in total. The summed E-state index contributed by atoms with van der Waals surface area (Å²) < 4.78 is 0. The van der Waals surface area contributed by atoms with Gasteiger partial charge in [0.2, 0.25) is 11.8 Å². The van der Waals surface area contributed by atoms with Gasteiger partial charge in [0.1, 0.15) is 0 Å². The molecule has 0 aromatic rings. The Labute approximate surface area is 199 Å². The van der Waals surface area contributed by atoms with Crippen LogP contribution in [0.5, 0.6) is 0 Å². The average molecular weight is 452 g/mol. The maximum Gasteiger partial charge on any atom is 0.228 e. The lowest BCUT2D eigenvalue weighted by Gasteiger charge is -2.43. The van der Waals surface area contributed by atoms with Gasteiger partial charge in [-0.15, -0.1) is 0 Å². The standard InChI is InChI=1S/C14H27NO.C13H26N2O/c1-13(2,3)11-7-9-15(10-8-11)12(16)14(4,5)6;1-12(2,3)11(16)14-7-9-15(10-8-14)13(4,5)6/h11H,7-10H2,1-6H3;7-10H2,1-6H3. The Morgan fingerprint density at radius 2 is 0.906 bits per heavy atom. The molecule has 0 spiro atoms. The van der Waals surface area contributed by atoms with Crippen LogP contribution in [0.3, 0.4) is 0 Å². The van der Waals surface area contributed by atoms with Crippen LogP contribution >= 0.6 is 0 Å². The summed E-state index contributed by atoms with van der Waals surface area (Å²) in [6.07, 6.45) is 2.32. The van der Waals surface area contributed by atoms with Crippen molar-refractivity contribution in [3.8, 4) is 0 Å². The van der Waals surface area contributed by atoms with E-state index in [4.69, 9.17) is 0 Å². The van der Waals surface area contributed by atoms with E-state index in [0.29, 0.717) is 11.3 Å². The van der Waals surface area contributed by atoms with Crippen molar-refractivity contribution < 1.29 is 9.59 Å². The molecule has 0 bridgehead atoms. The molecular weight excluding hydrogens is 398 g/mol. The molecule has 2 aliphatic rings. The summed E-state index contributed by atoms with van der Waals surface area (Å²) in [5, 5.41) is 0. The van der Waals surface area contributed by atoms with E-state index in [1.54, 1.807) is 0 Å². The van der Waals surface area contributed by atoms with Gasteiger partial charge in [-0.25, -0.2) is 0 Å². The minimum Gasteiger partial charge on any atom is -0.342 e. The fourth-order valence-corrected chi connectivity index (χ4v) is 4.48. The van der Waals surface area contributed by atoms with Crippen LogP contribution in [0.4, 0.5) is 0 Å². The van der Waals surface area contributed by atoms with E-state index >= 15 is 0 Å². The van der Waals surface area contributed by atoms with Gasteiger partial charge in [-0.3, -0.25) is 14.5 Å². The van der Waals surface area contributed by atoms with Gasteiger partial charge in [0.15, 0.2) is 0 Å². The number of piperidine rings is 1. The third-order valence-corrected chi connectivity index (χ3v) is 6.81. The topological polar surface area (TPSA) is 43.9 Å². The van der Waals surface area contributed by atoms with E-state index in [1.807, 2.05) is 51.3 Å². The fraction of sp³-hybridized carbons (Fsp3) is 0.926. The van der Waals surface area contributed by atoms with E-state index in [2.05, 4.69) is 46.4 Å². The van der Waals surface area contributed by atoms with Crippen LogP contribution in [0.1, 0.15) is 95.9 Å². The maximum absolute atomic E-state index is 12.1. The average Bonchev–Trinajstić information content (AvgIpc) is 2.64. The second kappa shape index (κ2) is 10.4. The Morgan fingerprint density at radius 1 is 0.562 bits per heavy atom. The molecular formula is C27H53N3O2. The van der Waals surface area contributed by atoms with Crippen LogP contribution < -0.4 is 0 Å². The second-order valence-corrected chi connectivity index (χ2v) is 13.9. The second-order valence-electron chi connectivity index (χ2n) is 13.9. The molecule has 2 rings (SSSR count). The number of nitrogens with zero attached hydrogens (tertiary/aromatic N) is 3. The van der Waals surface area contributed by atoms with Crippen LogP contribution in [0.2, 0.25) is 0 Å². The van der Waals surface area contributed by atoms with E-state index in [0.717, 1.165) is 58.0 Å². The maximum atomic E-state index is 12.1. The van der Waals surface area contributed by atoms with Crippen molar-refractivity contribution in [3.63, 3.8) is 0 Å². The van der Waals surface area contributed by atoms with Crippen LogP contribution in [-0.4, -0.2) is 71.3 Å². The van der Waals surface area contributed by atoms with E-state index in [-0.39, 0.29) is 22.3 Å². The minimum atomic E-state index is -0.246. The molecule has 0 saturated carbocycles. The van der Waals surface area contributed by atoms with Crippen LogP contribution in [0, 0.1) is 22.2 Å². The molecule has 2 fully saturated rings. The number of carbonyl (C=O) groups is 2. The first-order valence-corrected chi connectivity index (χ1v) is 12.6. The predicted molar refractivity (Wildman–Crippen MR) is 136 cm³/mol. The minimum absolute atomic E-state index is 0.219. The lowest BCUT2D eigenvalue weighted by Crippen LogP contribution is -2.56. The molecule has 0 radical (unpaired) electrons. The molecule has 2 amide bonds. The van der Waals surface area contributed by atoms with Gasteiger partial charge >= 0.3 is 0 Å². The third-order valence-electron chi connectivity index (χ3n) is 6.81. The highest BCUT2D eigenvalue weighted by Gasteiger charge is 2.34. The summed E-state index contributed by atoms with van der Waals surface area (Å²) in [7, 11) is 0. The lowest BCUT2D eigenvalue weighted by molar-refractivity contribution is -0.142.